The quantitative estimate of drug-likeness (QED) is 0.652. The molecule has 2 atom stereocenters. The molecule has 1 aliphatic rings. The van der Waals surface area contributed by atoms with Gasteiger partial charge < -0.3 is 15.6 Å². The second kappa shape index (κ2) is 3.23. The van der Waals surface area contributed by atoms with Crippen LogP contribution in [0.4, 0.5) is 0 Å². The number of nitriles is 1. The second-order valence-electron chi connectivity index (χ2n) is 3.99. The van der Waals surface area contributed by atoms with Crippen molar-refractivity contribution in [1.29, 1.82) is 5.26 Å². The lowest BCUT2D eigenvalue weighted by Crippen LogP contribution is -2.46. The fourth-order valence-corrected chi connectivity index (χ4v) is 1.64. The third kappa shape index (κ3) is 1.56. The lowest BCUT2D eigenvalue weighted by molar-refractivity contribution is -0.0248. The molecule has 1 aliphatic heterocycles. The van der Waals surface area contributed by atoms with E-state index >= 15 is 0 Å². The van der Waals surface area contributed by atoms with Crippen molar-refractivity contribution in [2.75, 3.05) is 6.61 Å². The second-order valence-corrected chi connectivity index (χ2v) is 3.99. The van der Waals surface area contributed by atoms with Crippen LogP contribution in [0.1, 0.15) is 24.1 Å². The molecule has 2 rings (SSSR count). The Labute approximate surface area is 87.9 Å². The molecule has 0 aromatic heterocycles. The predicted molar refractivity (Wildman–Crippen MR) is 54.2 cm³/mol. The summed E-state index contributed by atoms with van der Waals surface area (Å²) in [5.74, 6) is 0.646. The van der Waals surface area contributed by atoms with Crippen LogP contribution in [0, 0.1) is 11.3 Å². The van der Waals surface area contributed by atoms with Gasteiger partial charge in [-0.15, -0.1) is 0 Å². The number of hydrogen-bond acceptors (Lipinski definition) is 4. The average Bonchev–Trinajstić information content (AvgIpc) is 2.24. The summed E-state index contributed by atoms with van der Waals surface area (Å²) in [4.78, 5) is 0. The van der Waals surface area contributed by atoms with Crippen LogP contribution in [0.2, 0.25) is 0 Å². The highest BCUT2D eigenvalue weighted by molar-refractivity contribution is 5.45. The first-order chi connectivity index (χ1) is 7.04. The van der Waals surface area contributed by atoms with Crippen molar-refractivity contribution in [3.05, 3.63) is 29.3 Å². The molecule has 0 saturated heterocycles. The van der Waals surface area contributed by atoms with E-state index in [9.17, 15) is 5.11 Å². The van der Waals surface area contributed by atoms with Crippen LogP contribution >= 0.6 is 0 Å². The van der Waals surface area contributed by atoms with Crippen molar-refractivity contribution in [2.24, 2.45) is 5.73 Å². The molecule has 4 heteroatoms. The molecule has 0 amide bonds. The topological polar surface area (TPSA) is 79.3 Å². The minimum absolute atomic E-state index is 0.174. The van der Waals surface area contributed by atoms with Crippen molar-refractivity contribution in [2.45, 2.75) is 18.6 Å². The van der Waals surface area contributed by atoms with Crippen LogP contribution in [0.25, 0.3) is 0 Å². The van der Waals surface area contributed by atoms with Gasteiger partial charge in [0.1, 0.15) is 18.0 Å². The van der Waals surface area contributed by atoms with Gasteiger partial charge in [-0.05, 0) is 25.1 Å². The van der Waals surface area contributed by atoms with Crippen molar-refractivity contribution in [3.63, 3.8) is 0 Å². The molecule has 1 heterocycles. The van der Waals surface area contributed by atoms with Crippen LogP contribution in [0.5, 0.6) is 5.75 Å². The lowest BCUT2D eigenvalue weighted by Gasteiger charge is -2.35. The van der Waals surface area contributed by atoms with Crippen LogP contribution in [0.15, 0.2) is 18.2 Å². The third-order valence-electron chi connectivity index (χ3n) is 2.66. The minimum atomic E-state index is -1.08. The molecule has 1 aromatic rings. The Hall–Kier alpha value is -1.57. The van der Waals surface area contributed by atoms with Crippen LogP contribution in [-0.2, 0) is 0 Å². The van der Waals surface area contributed by atoms with Crippen LogP contribution in [-0.4, -0.2) is 17.3 Å². The van der Waals surface area contributed by atoms with E-state index in [4.69, 9.17) is 15.7 Å². The lowest BCUT2D eigenvalue weighted by atomic mass is 9.88. The number of ether oxygens (including phenoxy) is 1. The van der Waals surface area contributed by atoms with Gasteiger partial charge in [0.25, 0.3) is 0 Å². The van der Waals surface area contributed by atoms with E-state index in [0.29, 0.717) is 16.9 Å². The molecule has 0 aliphatic carbocycles. The fraction of sp³-hybridized carbons (Fsp3) is 0.364. The maximum Gasteiger partial charge on any atom is 0.124 e. The Morgan fingerprint density at radius 1 is 1.67 bits per heavy atom. The molecule has 1 aromatic carbocycles. The fourth-order valence-electron chi connectivity index (χ4n) is 1.64. The van der Waals surface area contributed by atoms with Gasteiger partial charge in [-0.2, -0.15) is 5.26 Å². The summed E-state index contributed by atoms with van der Waals surface area (Å²) in [7, 11) is 0. The molecule has 0 radical (unpaired) electrons. The van der Waals surface area contributed by atoms with Gasteiger partial charge in [-0.1, -0.05) is 0 Å². The van der Waals surface area contributed by atoms with E-state index in [1.807, 2.05) is 6.07 Å². The Balaban J connectivity index is 2.50. The highest BCUT2D eigenvalue weighted by Gasteiger charge is 2.37. The first kappa shape index (κ1) is 9.97. The zero-order valence-corrected chi connectivity index (χ0v) is 8.40. The number of hydrogen-bond donors (Lipinski definition) is 2. The molecule has 0 saturated carbocycles. The van der Waals surface area contributed by atoms with Gasteiger partial charge in [-0.25, -0.2) is 0 Å². The molecular formula is C11H12N2O2. The maximum absolute atomic E-state index is 9.92. The van der Waals surface area contributed by atoms with E-state index in [2.05, 4.69) is 0 Å². The number of nitrogens with zero attached hydrogens (tertiary/aromatic N) is 1. The van der Waals surface area contributed by atoms with E-state index in [-0.39, 0.29) is 6.61 Å². The van der Waals surface area contributed by atoms with Crippen molar-refractivity contribution in [3.8, 4) is 11.8 Å². The maximum atomic E-state index is 9.92. The number of fused-ring (bicyclic) bond motifs is 1. The van der Waals surface area contributed by atoms with E-state index in [1.165, 1.54) is 0 Å². The molecule has 0 bridgehead atoms. The standard InChI is InChI=1S/C11H12N2O2/c1-11(14)6-15-9-3-2-7(5-12)4-8(9)10(11)13/h2-4,10,14H,6,13H2,1H3/t10-,11-/m1/s1. The number of aliphatic hydroxyl groups is 1. The third-order valence-corrected chi connectivity index (χ3v) is 2.66. The van der Waals surface area contributed by atoms with E-state index in [0.717, 1.165) is 0 Å². The summed E-state index contributed by atoms with van der Waals surface area (Å²) in [6.07, 6.45) is 0. The Kier molecular flexibility index (Phi) is 2.14. The van der Waals surface area contributed by atoms with Gasteiger partial charge in [0.05, 0.1) is 17.7 Å². The first-order valence-electron chi connectivity index (χ1n) is 4.69. The Morgan fingerprint density at radius 3 is 3.07 bits per heavy atom. The van der Waals surface area contributed by atoms with Crippen LogP contribution < -0.4 is 10.5 Å². The molecule has 4 nitrogen and oxygen atoms in total. The summed E-state index contributed by atoms with van der Waals surface area (Å²) in [6.45, 7) is 1.80. The highest BCUT2D eigenvalue weighted by atomic mass is 16.5. The molecule has 0 fully saturated rings. The van der Waals surface area contributed by atoms with Gasteiger partial charge in [0.15, 0.2) is 0 Å². The Bertz CT molecular complexity index is 435. The highest BCUT2D eigenvalue weighted by Crippen LogP contribution is 2.36. The van der Waals surface area contributed by atoms with Gasteiger partial charge >= 0.3 is 0 Å². The monoisotopic (exact) mass is 204 g/mol. The number of benzene rings is 1. The molecule has 0 unspecified atom stereocenters. The average molecular weight is 204 g/mol. The molecule has 3 N–H and O–H groups in total. The molecule has 0 spiro atoms. The first-order valence-corrected chi connectivity index (χ1v) is 4.69. The van der Waals surface area contributed by atoms with Crippen molar-refractivity contribution in [1.82, 2.24) is 0 Å². The molecule has 15 heavy (non-hydrogen) atoms. The number of rotatable bonds is 0. The largest absolute Gasteiger partial charge is 0.490 e. The van der Waals surface area contributed by atoms with Gasteiger partial charge in [0, 0.05) is 5.56 Å². The smallest absolute Gasteiger partial charge is 0.124 e. The summed E-state index contributed by atoms with van der Waals surface area (Å²) >= 11 is 0. The molecule has 78 valence electrons. The summed E-state index contributed by atoms with van der Waals surface area (Å²) < 4.78 is 5.37. The van der Waals surface area contributed by atoms with Crippen molar-refractivity contribution >= 4 is 0 Å². The number of nitrogens with two attached hydrogens (primary N) is 1. The van der Waals surface area contributed by atoms with E-state index in [1.54, 1.807) is 25.1 Å². The summed E-state index contributed by atoms with van der Waals surface area (Å²) in [5, 5.41) is 18.7. The summed E-state index contributed by atoms with van der Waals surface area (Å²) in [5.41, 5.74) is 6.03. The SMILES string of the molecule is C[C@@]1(O)COc2ccc(C#N)cc2[C@H]1N. The minimum Gasteiger partial charge on any atom is -0.490 e. The van der Waals surface area contributed by atoms with Gasteiger partial charge in [0.2, 0.25) is 0 Å². The Morgan fingerprint density at radius 2 is 2.40 bits per heavy atom. The van der Waals surface area contributed by atoms with Crippen molar-refractivity contribution < 1.29 is 9.84 Å². The van der Waals surface area contributed by atoms with Gasteiger partial charge in [-0.3, -0.25) is 0 Å². The molecular weight excluding hydrogens is 192 g/mol. The zero-order chi connectivity index (χ0) is 11.1. The van der Waals surface area contributed by atoms with E-state index < -0.39 is 11.6 Å². The predicted octanol–water partition coefficient (Wildman–Crippen LogP) is 0.701. The zero-order valence-electron chi connectivity index (χ0n) is 8.40. The normalized spacial score (nSPS) is 28.8. The van der Waals surface area contributed by atoms with Crippen LogP contribution in [0.3, 0.4) is 0 Å². The summed E-state index contributed by atoms with van der Waals surface area (Å²) in [6, 6.07) is 6.56.